The average Bonchev–Trinajstić information content (AvgIpc) is 2.82. The molecule has 4 nitrogen and oxygen atoms in total. The van der Waals surface area contributed by atoms with Gasteiger partial charge in [-0.15, -0.1) is 0 Å². The van der Waals surface area contributed by atoms with Crippen LogP contribution in [-0.2, 0) is 6.42 Å². The third-order valence-corrected chi connectivity index (χ3v) is 2.76. The molecule has 2 rings (SSSR count). The van der Waals surface area contributed by atoms with Crippen LogP contribution in [0.3, 0.4) is 0 Å². The molecular formula is C14H19N3O. The maximum absolute atomic E-state index is 5.33. The number of nitrogens with one attached hydrogen (secondary N) is 1. The number of anilines is 1. The van der Waals surface area contributed by atoms with Crippen molar-refractivity contribution in [1.82, 2.24) is 9.97 Å². The molecule has 0 saturated heterocycles. The van der Waals surface area contributed by atoms with Crippen molar-refractivity contribution in [2.75, 3.05) is 5.32 Å². The van der Waals surface area contributed by atoms with Crippen LogP contribution in [-0.4, -0.2) is 16.0 Å². The second kappa shape index (κ2) is 5.67. The number of aromatic nitrogens is 2. The van der Waals surface area contributed by atoms with Crippen molar-refractivity contribution in [3.8, 4) is 0 Å². The highest BCUT2D eigenvalue weighted by molar-refractivity contribution is 5.36. The molecule has 0 saturated carbocycles. The first-order valence-electron chi connectivity index (χ1n) is 6.26. The lowest BCUT2D eigenvalue weighted by atomic mass is 10.1. The van der Waals surface area contributed by atoms with E-state index in [4.69, 9.17) is 4.42 Å². The summed E-state index contributed by atoms with van der Waals surface area (Å²) in [4.78, 5) is 8.49. The minimum Gasteiger partial charge on any atom is -0.469 e. The van der Waals surface area contributed by atoms with E-state index in [-0.39, 0.29) is 6.04 Å². The highest BCUT2D eigenvalue weighted by Crippen LogP contribution is 2.15. The predicted molar refractivity (Wildman–Crippen MR) is 71.6 cm³/mol. The molecule has 0 spiro atoms. The molecule has 0 amide bonds. The summed E-state index contributed by atoms with van der Waals surface area (Å²) >= 11 is 0. The van der Waals surface area contributed by atoms with Crippen molar-refractivity contribution in [3.05, 3.63) is 42.2 Å². The van der Waals surface area contributed by atoms with Crippen LogP contribution in [0.2, 0.25) is 0 Å². The van der Waals surface area contributed by atoms with Gasteiger partial charge in [0.25, 0.3) is 0 Å². The standard InChI is InChI=1S/C14H19N3O/c1-10(2)13-8-14(16-9-15-13)17-11(3)7-12-5-4-6-18-12/h4-6,8-11H,7H2,1-3H3,(H,15,16,17). The van der Waals surface area contributed by atoms with E-state index < -0.39 is 0 Å². The van der Waals surface area contributed by atoms with Gasteiger partial charge < -0.3 is 9.73 Å². The summed E-state index contributed by atoms with van der Waals surface area (Å²) in [6.45, 7) is 6.36. The molecule has 96 valence electrons. The zero-order valence-corrected chi connectivity index (χ0v) is 11.1. The summed E-state index contributed by atoms with van der Waals surface area (Å²) in [5, 5.41) is 3.36. The molecule has 2 aromatic heterocycles. The van der Waals surface area contributed by atoms with E-state index >= 15 is 0 Å². The Kier molecular flexibility index (Phi) is 3.97. The van der Waals surface area contributed by atoms with Crippen LogP contribution >= 0.6 is 0 Å². The van der Waals surface area contributed by atoms with Gasteiger partial charge in [0.05, 0.1) is 6.26 Å². The number of rotatable bonds is 5. The molecule has 18 heavy (non-hydrogen) atoms. The Hall–Kier alpha value is -1.84. The van der Waals surface area contributed by atoms with Crippen molar-refractivity contribution in [1.29, 1.82) is 0 Å². The Morgan fingerprint density at radius 3 is 2.78 bits per heavy atom. The lowest BCUT2D eigenvalue weighted by Gasteiger charge is -2.14. The van der Waals surface area contributed by atoms with E-state index in [1.807, 2.05) is 18.2 Å². The lowest BCUT2D eigenvalue weighted by Crippen LogP contribution is -2.18. The monoisotopic (exact) mass is 245 g/mol. The smallest absolute Gasteiger partial charge is 0.129 e. The van der Waals surface area contributed by atoms with E-state index in [0.29, 0.717) is 5.92 Å². The molecule has 0 bridgehead atoms. The minimum atomic E-state index is 0.270. The molecule has 0 radical (unpaired) electrons. The van der Waals surface area contributed by atoms with Gasteiger partial charge in [-0.25, -0.2) is 9.97 Å². The minimum absolute atomic E-state index is 0.270. The largest absolute Gasteiger partial charge is 0.469 e. The number of hydrogen-bond acceptors (Lipinski definition) is 4. The van der Waals surface area contributed by atoms with Crippen LogP contribution < -0.4 is 5.32 Å². The first kappa shape index (κ1) is 12.6. The quantitative estimate of drug-likeness (QED) is 0.878. The molecule has 0 aromatic carbocycles. The molecule has 1 atom stereocenters. The lowest BCUT2D eigenvalue weighted by molar-refractivity contribution is 0.497. The summed E-state index contributed by atoms with van der Waals surface area (Å²) < 4.78 is 5.33. The Morgan fingerprint density at radius 2 is 2.11 bits per heavy atom. The normalized spacial score (nSPS) is 12.7. The highest BCUT2D eigenvalue weighted by Gasteiger charge is 2.08. The molecule has 2 aromatic rings. The van der Waals surface area contributed by atoms with E-state index in [2.05, 4.69) is 36.1 Å². The SMILES string of the molecule is CC(Cc1ccco1)Nc1cc(C(C)C)ncn1. The van der Waals surface area contributed by atoms with Gasteiger partial charge in [-0.3, -0.25) is 0 Å². The van der Waals surface area contributed by atoms with Gasteiger partial charge in [-0.1, -0.05) is 13.8 Å². The molecular weight excluding hydrogens is 226 g/mol. The first-order chi connectivity index (χ1) is 8.65. The molecule has 2 heterocycles. The topological polar surface area (TPSA) is 51.0 Å². The summed E-state index contributed by atoms with van der Waals surface area (Å²) in [7, 11) is 0. The van der Waals surface area contributed by atoms with Crippen LogP contribution in [0.4, 0.5) is 5.82 Å². The zero-order valence-electron chi connectivity index (χ0n) is 11.1. The average molecular weight is 245 g/mol. The predicted octanol–water partition coefficient (Wildman–Crippen LogP) is 3.24. The van der Waals surface area contributed by atoms with Gasteiger partial charge in [-0.2, -0.15) is 0 Å². The zero-order chi connectivity index (χ0) is 13.0. The van der Waals surface area contributed by atoms with Crippen LogP contribution in [0.25, 0.3) is 0 Å². The molecule has 1 N–H and O–H groups in total. The Morgan fingerprint density at radius 1 is 1.28 bits per heavy atom. The van der Waals surface area contributed by atoms with Gasteiger partial charge in [0.15, 0.2) is 0 Å². The van der Waals surface area contributed by atoms with Crippen molar-refractivity contribution < 1.29 is 4.42 Å². The molecule has 1 unspecified atom stereocenters. The number of hydrogen-bond donors (Lipinski definition) is 1. The van der Waals surface area contributed by atoms with Gasteiger partial charge in [0, 0.05) is 24.2 Å². The Labute approximate surface area is 107 Å². The van der Waals surface area contributed by atoms with Gasteiger partial charge in [-0.05, 0) is 25.0 Å². The van der Waals surface area contributed by atoms with Crippen molar-refractivity contribution in [2.45, 2.75) is 39.2 Å². The maximum Gasteiger partial charge on any atom is 0.129 e. The van der Waals surface area contributed by atoms with Gasteiger partial charge >= 0.3 is 0 Å². The fraction of sp³-hybridized carbons (Fsp3) is 0.429. The van der Waals surface area contributed by atoms with Crippen molar-refractivity contribution in [3.63, 3.8) is 0 Å². The first-order valence-corrected chi connectivity index (χ1v) is 6.26. The third kappa shape index (κ3) is 3.32. The molecule has 0 aliphatic rings. The fourth-order valence-electron chi connectivity index (χ4n) is 1.80. The summed E-state index contributed by atoms with van der Waals surface area (Å²) in [5.41, 5.74) is 1.05. The molecule has 4 heteroatoms. The van der Waals surface area contributed by atoms with E-state index in [9.17, 15) is 0 Å². The van der Waals surface area contributed by atoms with Crippen LogP contribution in [0.15, 0.2) is 35.2 Å². The molecule has 0 aliphatic carbocycles. The maximum atomic E-state index is 5.33. The Bertz CT molecular complexity index is 480. The van der Waals surface area contributed by atoms with Crippen LogP contribution in [0.5, 0.6) is 0 Å². The second-order valence-electron chi connectivity index (χ2n) is 4.81. The molecule has 0 fully saturated rings. The van der Waals surface area contributed by atoms with Gasteiger partial charge in [0.2, 0.25) is 0 Å². The highest BCUT2D eigenvalue weighted by atomic mass is 16.3. The summed E-state index contributed by atoms with van der Waals surface area (Å²) in [5.74, 6) is 2.26. The van der Waals surface area contributed by atoms with E-state index in [1.165, 1.54) is 0 Å². The number of nitrogens with zero attached hydrogens (tertiary/aromatic N) is 2. The van der Waals surface area contributed by atoms with Crippen molar-refractivity contribution in [2.24, 2.45) is 0 Å². The van der Waals surface area contributed by atoms with Crippen molar-refractivity contribution >= 4 is 5.82 Å². The van der Waals surface area contributed by atoms with Crippen LogP contribution in [0, 0.1) is 0 Å². The third-order valence-electron chi connectivity index (χ3n) is 2.76. The Balaban J connectivity index is 1.98. The number of furan rings is 1. The second-order valence-corrected chi connectivity index (χ2v) is 4.81. The summed E-state index contributed by atoms with van der Waals surface area (Å²) in [6.07, 6.45) is 4.15. The summed E-state index contributed by atoms with van der Waals surface area (Å²) in [6, 6.07) is 6.16. The van der Waals surface area contributed by atoms with E-state index in [0.717, 1.165) is 23.7 Å². The van der Waals surface area contributed by atoms with Gasteiger partial charge in [0.1, 0.15) is 17.9 Å². The van der Waals surface area contributed by atoms with E-state index in [1.54, 1.807) is 12.6 Å². The van der Waals surface area contributed by atoms with Crippen LogP contribution in [0.1, 0.15) is 38.1 Å². The fourth-order valence-corrected chi connectivity index (χ4v) is 1.80. The molecule has 0 aliphatic heterocycles.